The van der Waals surface area contributed by atoms with Gasteiger partial charge in [-0.25, -0.2) is 4.79 Å². The van der Waals surface area contributed by atoms with E-state index in [1.165, 1.54) is 13.8 Å². The van der Waals surface area contributed by atoms with Gasteiger partial charge < -0.3 is 78.7 Å². The molecule has 8 fully saturated rings. The topological polar surface area (TPSA) is 270 Å². The number of fused-ring (bicyclic) bond motifs is 5. The molecule has 0 aromatic rings. The van der Waals surface area contributed by atoms with Crippen molar-refractivity contribution in [3.63, 3.8) is 0 Å². The van der Waals surface area contributed by atoms with E-state index in [-0.39, 0.29) is 40.4 Å². The van der Waals surface area contributed by atoms with Gasteiger partial charge in [0.1, 0.15) is 73.8 Å². The molecular formula is C49H78O18. The Balaban J connectivity index is 1.07. The maximum Gasteiger partial charge on any atom is 0.339 e. The van der Waals surface area contributed by atoms with Crippen LogP contribution in [0, 0.1) is 45.3 Å². The van der Waals surface area contributed by atoms with Crippen molar-refractivity contribution in [1.82, 2.24) is 0 Å². The van der Waals surface area contributed by atoms with Crippen LogP contribution in [0.1, 0.15) is 120 Å². The molecule has 8 rings (SSSR count). The third kappa shape index (κ3) is 8.65. The number of hydrogen-bond donors (Lipinski definition) is 8. The Hall–Kier alpha value is -1.88. The highest BCUT2D eigenvalue weighted by Gasteiger charge is 2.71. The predicted molar refractivity (Wildman–Crippen MR) is 234 cm³/mol. The van der Waals surface area contributed by atoms with Crippen LogP contribution in [0.3, 0.4) is 0 Å². The van der Waals surface area contributed by atoms with Gasteiger partial charge in [-0.1, -0.05) is 40.2 Å². The standard InChI is InChI=1S/C49H78O18/c1-22(2)18-25-19-49(59,44(58)63-25)27-12-16-47(8)26(27)10-11-31-46(7)15-14-32(45(5,6)30(46)13-17-48(31,47)9)65-43-40(67-42-38(57)36(55)33(52)23(3)62-42)39(35(54)29(64-43)21-60-24(4)50)66-41-37(56)34(53)28(51)20-61-41/h18,23,25-43,51-57,59H,10-17,19-21H2,1-9H3/t23-,25+,26+,27-,28+,29+,30+,31+,32-,33-,34-,35+,36+,37+,38+,39-,40+,41-,42-,43-,46-,47+,48+,49-/m0/s1. The third-order valence-electron chi connectivity index (χ3n) is 18.8. The molecule has 0 bridgehead atoms. The normalized spacial score (nSPS) is 52.9. The van der Waals surface area contributed by atoms with Crippen LogP contribution in [0.15, 0.2) is 11.6 Å². The molecule has 8 aliphatic rings. The molecule has 4 heterocycles. The quantitative estimate of drug-likeness (QED) is 0.0881. The molecule has 67 heavy (non-hydrogen) atoms. The summed E-state index contributed by atoms with van der Waals surface area (Å²) in [7, 11) is 0. The Morgan fingerprint density at radius 2 is 1.37 bits per heavy atom. The van der Waals surface area contributed by atoms with E-state index in [9.17, 15) is 50.4 Å². The fourth-order valence-corrected chi connectivity index (χ4v) is 15.1. The summed E-state index contributed by atoms with van der Waals surface area (Å²) in [5.74, 6) is -0.695. The summed E-state index contributed by atoms with van der Waals surface area (Å²) in [6, 6.07) is 0. The minimum atomic E-state index is -1.78. The number of esters is 2. The molecular weight excluding hydrogens is 877 g/mol. The van der Waals surface area contributed by atoms with Crippen LogP contribution < -0.4 is 0 Å². The smallest absolute Gasteiger partial charge is 0.339 e. The SMILES string of the molecule is CC(=O)OC[C@H]1O[C@@H](O[C@H]2CC[C@@]3(C)[C@H](CC[C@]4(C)[C@@H]3CC[C@@H]3[C@@H]([C@@]5(O)C[C@@H](C=C(C)C)OC5=O)CC[C@]34C)C2(C)C)[C@H](O[C@@H]2O[C@@H](C)[C@H](O)[C@@H](O)[C@H]2O)[C@@H](O[C@@H]2OC[C@@H](O)[C@H](O)[C@H]2O)[C@@H]1O. The van der Waals surface area contributed by atoms with Crippen LogP contribution in [0.25, 0.3) is 0 Å². The Morgan fingerprint density at radius 1 is 0.701 bits per heavy atom. The number of aliphatic hydroxyl groups excluding tert-OH is 7. The number of allylic oxidation sites excluding steroid dienone is 1. The number of rotatable bonds is 10. The fraction of sp³-hybridized carbons (Fsp3) is 0.918. The number of cyclic esters (lactones) is 1. The van der Waals surface area contributed by atoms with Crippen LogP contribution in [-0.2, 0) is 47.5 Å². The van der Waals surface area contributed by atoms with E-state index in [4.69, 9.17) is 37.9 Å². The average molecular weight is 955 g/mol. The maximum atomic E-state index is 13.5. The van der Waals surface area contributed by atoms with Crippen molar-refractivity contribution in [3.05, 3.63) is 11.6 Å². The van der Waals surface area contributed by atoms with E-state index < -0.39 is 134 Å². The lowest BCUT2D eigenvalue weighted by Gasteiger charge is -2.70. The first kappa shape index (κ1) is 51.5. The lowest BCUT2D eigenvalue weighted by molar-refractivity contribution is -0.395. The summed E-state index contributed by atoms with van der Waals surface area (Å²) >= 11 is 0. The first-order valence-corrected chi connectivity index (χ1v) is 24.7. The molecule has 4 aliphatic carbocycles. The summed E-state index contributed by atoms with van der Waals surface area (Å²) < 4.78 is 48.7. The molecule has 4 saturated carbocycles. The minimum absolute atomic E-state index is 0.0839. The molecule has 24 atom stereocenters. The molecule has 4 saturated heterocycles. The van der Waals surface area contributed by atoms with Crippen molar-refractivity contribution < 1.29 is 88.3 Å². The van der Waals surface area contributed by atoms with E-state index in [0.717, 1.165) is 50.5 Å². The van der Waals surface area contributed by atoms with Crippen LogP contribution in [0.2, 0.25) is 0 Å². The minimum Gasteiger partial charge on any atom is -0.463 e. The van der Waals surface area contributed by atoms with Crippen LogP contribution in [0.5, 0.6) is 0 Å². The fourth-order valence-electron chi connectivity index (χ4n) is 15.1. The third-order valence-corrected chi connectivity index (χ3v) is 18.8. The van der Waals surface area contributed by atoms with Gasteiger partial charge in [0, 0.05) is 19.3 Å². The lowest BCUT2D eigenvalue weighted by Crippen LogP contribution is -2.68. The van der Waals surface area contributed by atoms with Crippen LogP contribution in [0.4, 0.5) is 0 Å². The Morgan fingerprint density at radius 3 is 2.06 bits per heavy atom. The van der Waals surface area contributed by atoms with Gasteiger partial charge in [-0.3, -0.25) is 4.79 Å². The van der Waals surface area contributed by atoms with Gasteiger partial charge in [-0.05, 0) is 118 Å². The number of hydrogen-bond acceptors (Lipinski definition) is 18. The monoisotopic (exact) mass is 955 g/mol. The molecule has 0 radical (unpaired) electrons. The highest BCUT2D eigenvalue weighted by Crippen LogP contribution is 2.76. The van der Waals surface area contributed by atoms with Crippen LogP contribution in [-0.4, -0.2) is 170 Å². The number of carbonyl (C=O) groups is 2. The molecule has 0 aromatic heterocycles. The van der Waals surface area contributed by atoms with Gasteiger partial charge in [0.05, 0.1) is 18.8 Å². The largest absolute Gasteiger partial charge is 0.463 e. The van der Waals surface area contributed by atoms with E-state index in [1.807, 2.05) is 19.9 Å². The van der Waals surface area contributed by atoms with Crippen molar-refractivity contribution >= 4 is 11.9 Å². The highest BCUT2D eigenvalue weighted by atomic mass is 16.8. The lowest BCUT2D eigenvalue weighted by atomic mass is 9.35. The van der Waals surface area contributed by atoms with Gasteiger partial charge in [-0.15, -0.1) is 0 Å². The Labute approximate surface area is 393 Å². The number of ether oxygens (including phenoxy) is 8. The Kier molecular flexibility index (Phi) is 14.3. The van der Waals surface area contributed by atoms with E-state index >= 15 is 0 Å². The molecule has 0 aromatic carbocycles. The number of aliphatic hydroxyl groups is 8. The average Bonchev–Trinajstić information content (AvgIpc) is 3.76. The summed E-state index contributed by atoms with van der Waals surface area (Å²) in [4.78, 5) is 25.6. The maximum absolute atomic E-state index is 13.5. The molecule has 18 nitrogen and oxygen atoms in total. The van der Waals surface area contributed by atoms with Crippen molar-refractivity contribution in [3.8, 4) is 0 Å². The van der Waals surface area contributed by atoms with Gasteiger partial charge in [-0.2, -0.15) is 0 Å². The molecule has 18 heteroatoms. The van der Waals surface area contributed by atoms with Crippen molar-refractivity contribution in [2.24, 2.45) is 45.3 Å². The summed E-state index contributed by atoms with van der Waals surface area (Å²) in [5, 5.41) is 88.2. The van der Waals surface area contributed by atoms with Gasteiger partial charge >= 0.3 is 11.9 Å². The molecule has 0 amide bonds. The van der Waals surface area contributed by atoms with Crippen molar-refractivity contribution in [2.75, 3.05) is 13.2 Å². The number of carbonyl (C=O) groups excluding carboxylic acids is 2. The molecule has 0 spiro atoms. The zero-order valence-corrected chi connectivity index (χ0v) is 40.6. The van der Waals surface area contributed by atoms with Gasteiger partial charge in [0.25, 0.3) is 0 Å². The molecule has 0 unspecified atom stereocenters. The summed E-state index contributed by atoms with van der Waals surface area (Å²) in [6.45, 7) is 17.4. The zero-order chi connectivity index (χ0) is 48.9. The predicted octanol–water partition coefficient (Wildman–Crippen LogP) is 1.76. The second kappa shape index (κ2) is 18.6. The molecule has 4 aliphatic heterocycles. The zero-order valence-electron chi connectivity index (χ0n) is 40.6. The van der Waals surface area contributed by atoms with Gasteiger partial charge in [0.2, 0.25) is 0 Å². The molecule has 382 valence electrons. The van der Waals surface area contributed by atoms with Crippen LogP contribution >= 0.6 is 0 Å². The van der Waals surface area contributed by atoms with E-state index in [1.54, 1.807) is 0 Å². The van der Waals surface area contributed by atoms with E-state index in [2.05, 4.69) is 34.6 Å². The van der Waals surface area contributed by atoms with Crippen molar-refractivity contribution in [1.29, 1.82) is 0 Å². The molecule has 8 N–H and O–H groups in total. The van der Waals surface area contributed by atoms with Crippen molar-refractivity contribution in [2.45, 2.75) is 224 Å². The Bertz CT molecular complexity index is 1840. The second-order valence-corrected chi connectivity index (χ2v) is 23.1. The first-order valence-electron chi connectivity index (χ1n) is 24.7. The highest BCUT2D eigenvalue weighted by molar-refractivity contribution is 5.82. The summed E-state index contributed by atoms with van der Waals surface area (Å²) in [6.07, 6.45) is -13.4. The second-order valence-electron chi connectivity index (χ2n) is 23.1. The van der Waals surface area contributed by atoms with Gasteiger partial charge in [0.15, 0.2) is 24.5 Å². The van der Waals surface area contributed by atoms with E-state index in [0.29, 0.717) is 12.3 Å². The summed E-state index contributed by atoms with van der Waals surface area (Å²) in [5.41, 5.74) is -1.32. The first-order chi connectivity index (χ1) is 31.3.